The van der Waals surface area contributed by atoms with Crippen molar-refractivity contribution in [2.45, 2.75) is 33.0 Å². The number of nitrogens with zero attached hydrogens (tertiary/aromatic N) is 1. The predicted molar refractivity (Wildman–Crippen MR) is 84.0 cm³/mol. The van der Waals surface area contributed by atoms with Crippen molar-refractivity contribution in [3.63, 3.8) is 0 Å². The lowest BCUT2D eigenvalue weighted by Crippen LogP contribution is -2.47. The molecule has 0 radical (unpaired) electrons. The zero-order valence-corrected chi connectivity index (χ0v) is 13.1. The van der Waals surface area contributed by atoms with E-state index in [1.807, 2.05) is 6.07 Å². The van der Waals surface area contributed by atoms with Gasteiger partial charge in [0, 0.05) is 17.5 Å². The molecular weight excluding hydrogens is 264 g/mol. The van der Waals surface area contributed by atoms with Gasteiger partial charge in [-0.15, -0.1) is 0 Å². The molecule has 4 nitrogen and oxygen atoms in total. The molecule has 1 fully saturated rings. The van der Waals surface area contributed by atoms with Crippen LogP contribution in [-0.2, 0) is 4.74 Å². The molecule has 0 spiro atoms. The van der Waals surface area contributed by atoms with Crippen molar-refractivity contribution in [3.8, 4) is 5.75 Å². The number of ether oxygens (including phenoxy) is 2. The first-order chi connectivity index (χ1) is 10.1. The molecule has 112 valence electrons. The minimum atomic E-state index is 0.253. The summed E-state index contributed by atoms with van der Waals surface area (Å²) in [6, 6.07) is 8.38. The molecule has 21 heavy (non-hydrogen) atoms. The number of aryl methyl sites for hydroxylation is 1. The van der Waals surface area contributed by atoms with Crippen molar-refractivity contribution in [2.75, 3.05) is 25.1 Å². The van der Waals surface area contributed by atoms with Crippen LogP contribution in [0.15, 0.2) is 24.3 Å². The van der Waals surface area contributed by atoms with Gasteiger partial charge in [0.1, 0.15) is 24.4 Å². The van der Waals surface area contributed by atoms with Gasteiger partial charge in [-0.3, -0.25) is 4.90 Å². The van der Waals surface area contributed by atoms with Gasteiger partial charge in [0.05, 0.1) is 19.3 Å². The Labute approximate surface area is 125 Å². The summed E-state index contributed by atoms with van der Waals surface area (Å²) in [6.07, 6.45) is 0.506. The summed E-state index contributed by atoms with van der Waals surface area (Å²) in [6.45, 7) is 8.23. The van der Waals surface area contributed by atoms with Crippen molar-refractivity contribution >= 4 is 16.7 Å². The maximum Gasteiger partial charge on any atom is 0.275 e. The van der Waals surface area contributed by atoms with Crippen LogP contribution in [0.25, 0.3) is 10.9 Å². The third-order valence-corrected chi connectivity index (χ3v) is 4.03. The number of hydrogen-bond donors (Lipinski definition) is 0. The van der Waals surface area contributed by atoms with Crippen molar-refractivity contribution in [1.29, 1.82) is 0 Å². The molecule has 3 rings (SSSR count). The van der Waals surface area contributed by atoms with Gasteiger partial charge in [0.15, 0.2) is 0 Å². The van der Waals surface area contributed by atoms with Crippen molar-refractivity contribution < 1.29 is 14.5 Å². The fourth-order valence-corrected chi connectivity index (χ4v) is 3.10. The minimum absolute atomic E-state index is 0.253. The largest absolute Gasteiger partial charge is 0.497 e. The van der Waals surface area contributed by atoms with Crippen LogP contribution in [0.3, 0.4) is 0 Å². The van der Waals surface area contributed by atoms with E-state index in [4.69, 9.17) is 9.47 Å². The second-order valence-corrected chi connectivity index (χ2v) is 5.91. The maximum atomic E-state index is 5.82. The molecule has 0 unspecified atom stereocenters. The number of anilines is 1. The Bertz CT molecular complexity index is 647. The number of benzene rings is 1. The number of nitrogens with one attached hydrogen (secondary N) is 1. The lowest BCUT2D eigenvalue weighted by molar-refractivity contribution is -0.331. The molecular formula is C17H23N2O2+. The van der Waals surface area contributed by atoms with E-state index in [0.29, 0.717) is 0 Å². The number of aromatic amines is 1. The Morgan fingerprint density at radius 3 is 2.57 bits per heavy atom. The number of methoxy groups -OCH3 is 1. The normalized spacial score (nSPS) is 22.6. The van der Waals surface area contributed by atoms with E-state index < -0.39 is 0 Å². The molecule has 0 aliphatic carbocycles. The van der Waals surface area contributed by atoms with E-state index in [1.54, 1.807) is 7.11 Å². The first kappa shape index (κ1) is 14.1. The monoisotopic (exact) mass is 287 g/mol. The summed E-state index contributed by atoms with van der Waals surface area (Å²) in [7, 11) is 1.70. The summed E-state index contributed by atoms with van der Waals surface area (Å²) < 4.78 is 11.1. The second-order valence-electron chi connectivity index (χ2n) is 5.91. The van der Waals surface area contributed by atoms with Gasteiger partial charge >= 0.3 is 0 Å². The highest BCUT2D eigenvalue weighted by Gasteiger charge is 2.29. The number of hydrogen-bond acceptors (Lipinski definition) is 3. The predicted octanol–water partition coefficient (Wildman–Crippen LogP) is 2.58. The van der Waals surface area contributed by atoms with E-state index in [-0.39, 0.29) is 12.2 Å². The Morgan fingerprint density at radius 1 is 1.19 bits per heavy atom. The van der Waals surface area contributed by atoms with E-state index in [2.05, 4.69) is 48.9 Å². The first-order valence-electron chi connectivity index (χ1n) is 7.48. The van der Waals surface area contributed by atoms with Crippen molar-refractivity contribution in [3.05, 3.63) is 29.8 Å². The third kappa shape index (κ3) is 2.81. The smallest absolute Gasteiger partial charge is 0.275 e. The summed E-state index contributed by atoms with van der Waals surface area (Å²) in [5.74, 6) is 2.02. The average Bonchev–Trinajstić information content (AvgIpc) is 2.45. The minimum Gasteiger partial charge on any atom is -0.497 e. The van der Waals surface area contributed by atoms with E-state index in [1.165, 1.54) is 10.9 Å². The van der Waals surface area contributed by atoms with Gasteiger partial charge in [-0.2, -0.15) is 0 Å². The average molecular weight is 287 g/mol. The maximum absolute atomic E-state index is 5.82. The van der Waals surface area contributed by atoms with E-state index in [9.17, 15) is 0 Å². The Kier molecular flexibility index (Phi) is 3.72. The number of fused-ring (bicyclic) bond motifs is 1. The highest BCUT2D eigenvalue weighted by molar-refractivity contribution is 5.81. The molecule has 1 aromatic carbocycles. The zero-order chi connectivity index (χ0) is 15.0. The molecule has 0 amide bonds. The van der Waals surface area contributed by atoms with Gasteiger partial charge in [-0.05, 0) is 38.5 Å². The molecule has 2 atom stereocenters. The van der Waals surface area contributed by atoms with Gasteiger partial charge in [-0.25, -0.2) is 4.98 Å². The van der Waals surface area contributed by atoms with E-state index >= 15 is 0 Å². The Morgan fingerprint density at radius 2 is 1.90 bits per heavy atom. The molecule has 1 aliphatic heterocycles. The molecule has 1 aliphatic rings. The number of rotatable bonds is 2. The van der Waals surface area contributed by atoms with Crippen LogP contribution in [0.4, 0.5) is 5.82 Å². The van der Waals surface area contributed by atoms with Crippen LogP contribution in [0.2, 0.25) is 0 Å². The first-order valence-corrected chi connectivity index (χ1v) is 7.48. The topological polar surface area (TPSA) is 35.8 Å². The molecule has 1 N–H and O–H groups in total. The SMILES string of the molecule is COc1ccc2c(C)cc(N3C[C@H](C)O[C@@H](C)C3)[nH+]c2c1. The van der Waals surface area contributed by atoms with Crippen molar-refractivity contribution in [2.24, 2.45) is 0 Å². The standard InChI is InChI=1S/C17H22N2O2/c1-11-7-17(19-9-12(2)21-13(3)10-19)18-16-8-14(20-4)5-6-15(11)16/h5-8,12-13H,9-10H2,1-4H3/p+1/t12-,13-/m0/s1. The molecule has 1 aromatic heterocycles. The summed E-state index contributed by atoms with van der Waals surface area (Å²) in [4.78, 5) is 5.91. The highest BCUT2D eigenvalue weighted by Crippen LogP contribution is 2.24. The Balaban J connectivity index is 2.02. The highest BCUT2D eigenvalue weighted by atomic mass is 16.5. The number of pyridine rings is 1. The molecule has 2 aromatic rings. The zero-order valence-electron chi connectivity index (χ0n) is 13.1. The second kappa shape index (κ2) is 5.53. The molecule has 2 heterocycles. The number of morpholine rings is 1. The van der Waals surface area contributed by atoms with Gasteiger partial charge in [-0.1, -0.05) is 0 Å². The summed E-state index contributed by atoms with van der Waals surface area (Å²) in [5.41, 5.74) is 2.38. The molecule has 0 saturated carbocycles. The number of aromatic nitrogens is 1. The summed E-state index contributed by atoms with van der Waals surface area (Å²) >= 11 is 0. The van der Waals surface area contributed by atoms with E-state index in [0.717, 1.165) is 30.2 Å². The summed E-state index contributed by atoms with van der Waals surface area (Å²) in [5, 5.41) is 1.23. The fraction of sp³-hybridized carbons (Fsp3) is 0.471. The Hall–Kier alpha value is -1.81. The van der Waals surface area contributed by atoms with Crippen LogP contribution in [0.1, 0.15) is 19.4 Å². The van der Waals surface area contributed by atoms with Crippen LogP contribution in [-0.4, -0.2) is 32.4 Å². The van der Waals surface area contributed by atoms with Gasteiger partial charge < -0.3 is 9.47 Å². The van der Waals surface area contributed by atoms with Gasteiger partial charge in [0.25, 0.3) is 5.82 Å². The lowest BCUT2D eigenvalue weighted by atomic mass is 10.1. The van der Waals surface area contributed by atoms with Crippen molar-refractivity contribution in [1.82, 2.24) is 0 Å². The lowest BCUT2D eigenvalue weighted by Gasteiger charge is -2.31. The molecule has 0 bridgehead atoms. The fourth-order valence-electron chi connectivity index (χ4n) is 3.10. The van der Waals surface area contributed by atoms with Crippen LogP contribution in [0, 0.1) is 6.92 Å². The van der Waals surface area contributed by atoms with Crippen LogP contribution >= 0.6 is 0 Å². The third-order valence-electron chi connectivity index (χ3n) is 4.03. The van der Waals surface area contributed by atoms with Crippen LogP contribution < -0.4 is 14.6 Å². The molecule has 4 heteroatoms. The number of H-pyrrole nitrogens is 1. The quantitative estimate of drug-likeness (QED) is 0.851. The van der Waals surface area contributed by atoms with Crippen LogP contribution in [0.5, 0.6) is 5.75 Å². The van der Waals surface area contributed by atoms with Gasteiger partial charge in [0.2, 0.25) is 0 Å². The molecule has 1 saturated heterocycles.